The van der Waals surface area contributed by atoms with Gasteiger partial charge in [-0.05, 0) is 42.5 Å². The third-order valence-electron chi connectivity index (χ3n) is 6.09. The van der Waals surface area contributed by atoms with E-state index in [2.05, 4.69) is 0 Å². The largest absolute Gasteiger partial charge is 0.423 e. The maximum atomic E-state index is 13.1. The number of fused-ring (bicyclic) bond motifs is 5. The molecule has 0 radical (unpaired) electrons. The number of non-ortho nitro benzene ring substituents is 1. The fourth-order valence-electron chi connectivity index (χ4n) is 4.78. The van der Waals surface area contributed by atoms with Crippen LogP contribution in [0.15, 0.2) is 60.7 Å². The fourth-order valence-corrected chi connectivity index (χ4v) is 4.78. The first-order valence-electron chi connectivity index (χ1n) is 9.57. The molecule has 0 unspecified atom stereocenters. The summed E-state index contributed by atoms with van der Waals surface area (Å²) in [5.41, 5.74) is 0.157. The molecule has 8 nitrogen and oxygen atoms in total. The number of ether oxygens (including phenoxy) is 1. The van der Waals surface area contributed by atoms with Crippen molar-refractivity contribution in [1.29, 1.82) is 0 Å². The van der Waals surface area contributed by atoms with Gasteiger partial charge in [0, 0.05) is 12.1 Å². The first-order valence-corrected chi connectivity index (χ1v) is 9.57. The van der Waals surface area contributed by atoms with Crippen molar-refractivity contribution in [1.82, 2.24) is 0 Å². The number of hydrogen-bond donors (Lipinski definition) is 0. The van der Waals surface area contributed by atoms with E-state index in [4.69, 9.17) is 4.74 Å². The smallest absolute Gasteiger partial charge is 0.345 e. The predicted molar refractivity (Wildman–Crippen MR) is 105 cm³/mol. The first-order chi connectivity index (χ1) is 14.5. The standard InChI is InChI=1S/C22H16N2O6/c25-20-18-12-5-6-13(11-12)19(18)21(26)23(20)17-4-2-1-3-16(17)22(27)30-15-9-7-14(8-10-15)24(28)29/h1-10,12-13,18-19H,11H2/t12-,13+,18-,19+. The molecule has 1 heterocycles. The molecule has 1 saturated carbocycles. The summed E-state index contributed by atoms with van der Waals surface area (Å²) in [5, 5.41) is 10.8. The van der Waals surface area contributed by atoms with Crippen LogP contribution in [0.1, 0.15) is 16.8 Å². The summed E-state index contributed by atoms with van der Waals surface area (Å²) in [6.07, 6.45) is 4.84. The number of rotatable bonds is 4. The molecule has 2 aliphatic carbocycles. The highest BCUT2D eigenvalue weighted by molar-refractivity contribution is 6.24. The van der Waals surface area contributed by atoms with Crippen LogP contribution in [0.5, 0.6) is 5.75 Å². The maximum absolute atomic E-state index is 13.1. The van der Waals surface area contributed by atoms with Gasteiger partial charge in [0.15, 0.2) is 0 Å². The third kappa shape index (κ3) is 2.64. The van der Waals surface area contributed by atoms with E-state index in [1.165, 1.54) is 30.3 Å². The Kier molecular flexibility index (Phi) is 4.02. The SMILES string of the molecule is O=C(Oc1ccc([N+](=O)[O-])cc1)c1ccccc1N1C(=O)[C@@H]2[C@H](C1=O)[C@@H]1C=C[C@H]2C1. The Hall–Kier alpha value is -3.81. The zero-order valence-electron chi connectivity index (χ0n) is 15.6. The van der Waals surface area contributed by atoms with Gasteiger partial charge in [0.25, 0.3) is 5.69 Å². The number of carbonyl (C=O) groups excluding carboxylic acids is 3. The molecule has 2 amide bonds. The second-order valence-electron chi connectivity index (χ2n) is 7.67. The normalized spacial score (nSPS) is 26.2. The molecule has 2 aromatic carbocycles. The Balaban J connectivity index is 1.43. The Morgan fingerprint density at radius 1 is 0.967 bits per heavy atom. The third-order valence-corrected chi connectivity index (χ3v) is 6.09. The molecule has 3 aliphatic rings. The van der Waals surface area contributed by atoms with Gasteiger partial charge in [-0.3, -0.25) is 19.7 Å². The van der Waals surface area contributed by atoms with Crippen molar-refractivity contribution in [3.63, 3.8) is 0 Å². The summed E-state index contributed by atoms with van der Waals surface area (Å²) < 4.78 is 5.33. The summed E-state index contributed by atoms with van der Waals surface area (Å²) in [6, 6.07) is 11.4. The Morgan fingerprint density at radius 2 is 1.57 bits per heavy atom. The van der Waals surface area contributed by atoms with Crippen molar-refractivity contribution in [2.24, 2.45) is 23.7 Å². The van der Waals surface area contributed by atoms with Gasteiger partial charge in [0.05, 0.1) is 28.0 Å². The number of nitrogens with zero attached hydrogens (tertiary/aromatic N) is 2. The van der Waals surface area contributed by atoms with Crippen LogP contribution in [0.3, 0.4) is 0 Å². The molecule has 2 fully saturated rings. The molecule has 150 valence electrons. The van der Waals surface area contributed by atoms with Crippen LogP contribution >= 0.6 is 0 Å². The number of esters is 1. The van der Waals surface area contributed by atoms with E-state index >= 15 is 0 Å². The zero-order valence-corrected chi connectivity index (χ0v) is 15.6. The highest BCUT2D eigenvalue weighted by Crippen LogP contribution is 2.53. The van der Waals surface area contributed by atoms with Crippen molar-refractivity contribution in [2.45, 2.75) is 6.42 Å². The van der Waals surface area contributed by atoms with E-state index < -0.39 is 10.9 Å². The van der Waals surface area contributed by atoms with Gasteiger partial charge in [-0.25, -0.2) is 9.69 Å². The lowest BCUT2D eigenvalue weighted by molar-refractivity contribution is -0.384. The minimum atomic E-state index is -0.752. The minimum Gasteiger partial charge on any atom is -0.423 e. The fraction of sp³-hybridized carbons (Fsp3) is 0.227. The lowest BCUT2D eigenvalue weighted by Crippen LogP contribution is -2.34. The molecule has 0 aromatic heterocycles. The number of amides is 2. The molecule has 0 spiro atoms. The number of imide groups is 1. The quantitative estimate of drug-likeness (QED) is 0.194. The lowest BCUT2D eigenvalue weighted by atomic mass is 9.85. The maximum Gasteiger partial charge on any atom is 0.345 e. The van der Waals surface area contributed by atoms with Crippen LogP contribution in [0.2, 0.25) is 0 Å². The van der Waals surface area contributed by atoms with Crippen LogP contribution in [0, 0.1) is 33.8 Å². The number of carbonyl (C=O) groups is 3. The van der Waals surface area contributed by atoms with E-state index in [1.807, 2.05) is 12.2 Å². The number of anilines is 1. The van der Waals surface area contributed by atoms with Crippen LogP contribution in [-0.2, 0) is 9.59 Å². The molecule has 1 aliphatic heterocycles. The van der Waals surface area contributed by atoms with Gasteiger partial charge in [0.2, 0.25) is 11.8 Å². The van der Waals surface area contributed by atoms with Crippen molar-refractivity contribution in [3.8, 4) is 5.75 Å². The first kappa shape index (κ1) is 18.2. The molecule has 8 heteroatoms. The Morgan fingerprint density at radius 3 is 2.17 bits per heavy atom. The summed E-state index contributed by atoms with van der Waals surface area (Å²) in [6.45, 7) is 0. The number of allylic oxidation sites excluding steroid dienone is 2. The van der Waals surface area contributed by atoms with Crippen LogP contribution in [0.25, 0.3) is 0 Å². The number of benzene rings is 2. The molecule has 2 aromatic rings. The van der Waals surface area contributed by atoms with E-state index in [9.17, 15) is 24.5 Å². The van der Waals surface area contributed by atoms with E-state index in [0.717, 1.165) is 11.3 Å². The summed E-state index contributed by atoms with van der Waals surface area (Å²) in [4.78, 5) is 50.3. The predicted octanol–water partition coefficient (Wildman–Crippen LogP) is 3.13. The van der Waals surface area contributed by atoms with Crippen molar-refractivity contribution < 1.29 is 24.0 Å². The number of nitro benzene ring substituents is 1. The number of para-hydroxylation sites is 1. The summed E-state index contributed by atoms with van der Waals surface area (Å²) in [7, 11) is 0. The molecule has 2 bridgehead atoms. The van der Waals surface area contributed by atoms with Crippen LogP contribution in [0.4, 0.5) is 11.4 Å². The van der Waals surface area contributed by atoms with Crippen molar-refractivity contribution >= 4 is 29.2 Å². The number of nitro groups is 1. The Labute approximate surface area is 170 Å². The highest BCUT2D eigenvalue weighted by atomic mass is 16.6. The van der Waals surface area contributed by atoms with Crippen LogP contribution < -0.4 is 9.64 Å². The summed E-state index contributed by atoms with van der Waals surface area (Å²) in [5.74, 6) is -1.79. The Bertz CT molecular complexity index is 1090. The molecule has 5 rings (SSSR count). The van der Waals surface area contributed by atoms with Gasteiger partial charge < -0.3 is 4.74 Å². The molecule has 1 saturated heterocycles. The molecule has 0 N–H and O–H groups in total. The average molecular weight is 404 g/mol. The monoisotopic (exact) mass is 404 g/mol. The van der Waals surface area contributed by atoms with Gasteiger partial charge in [-0.1, -0.05) is 24.3 Å². The average Bonchev–Trinajstić information content (AvgIpc) is 3.42. The zero-order chi connectivity index (χ0) is 21.0. The molecular formula is C22H16N2O6. The van der Waals surface area contributed by atoms with Crippen molar-refractivity contribution in [2.75, 3.05) is 4.90 Å². The lowest BCUT2D eigenvalue weighted by Gasteiger charge is -2.19. The number of hydrogen-bond acceptors (Lipinski definition) is 6. The molecule has 4 atom stereocenters. The topological polar surface area (TPSA) is 107 Å². The van der Waals surface area contributed by atoms with Crippen molar-refractivity contribution in [3.05, 3.63) is 76.4 Å². The van der Waals surface area contributed by atoms with Crippen LogP contribution in [-0.4, -0.2) is 22.7 Å². The van der Waals surface area contributed by atoms with Gasteiger partial charge in [-0.15, -0.1) is 0 Å². The molecule has 30 heavy (non-hydrogen) atoms. The second kappa shape index (κ2) is 6.62. The summed E-state index contributed by atoms with van der Waals surface area (Å²) >= 11 is 0. The van der Waals surface area contributed by atoms with E-state index in [-0.39, 0.29) is 58.2 Å². The highest BCUT2D eigenvalue weighted by Gasteiger charge is 2.59. The van der Waals surface area contributed by atoms with E-state index in [0.29, 0.717) is 0 Å². The van der Waals surface area contributed by atoms with Gasteiger partial charge in [-0.2, -0.15) is 0 Å². The minimum absolute atomic E-state index is 0.0701. The molecular weight excluding hydrogens is 388 g/mol. The van der Waals surface area contributed by atoms with Gasteiger partial charge in [0.1, 0.15) is 5.75 Å². The van der Waals surface area contributed by atoms with Gasteiger partial charge >= 0.3 is 5.97 Å². The van der Waals surface area contributed by atoms with E-state index in [1.54, 1.807) is 18.2 Å². The second-order valence-corrected chi connectivity index (χ2v) is 7.67.